The van der Waals surface area contributed by atoms with Crippen LogP contribution >= 0.6 is 15.9 Å². The van der Waals surface area contributed by atoms with E-state index in [2.05, 4.69) is 20.9 Å². The molecule has 0 spiro atoms. The molecule has 0 aromatic heterocycles. The van der Waals surface area contributed by atoms with E-state index in [1.807, 2.05) is 60.7 Å². The lowest BCUT2D eigenvalue weighted by Gasteiger charge is -2.05. The molecule has 2 N–H and O–H groups in total. The zero-order valence-corrected chi connectivity index (χ0v) is 12.3. The molecule has 0 aliphatic rings. The molecule has 0 heterocycles. The van der Waals surface area contributed by atoms with E-state index in [-0.39, 0.29) is 0 Å². The van der Waals surface area contributed by atoms with Crippen LogP contribution in [0, 0.1) is 0 Å². The summed E-state index contributed by atoms with van der Waals surface area (Å²) in [6.45, 7) is 0. The van der Waals surface area contributed by atoms with Gasteiger partial charge in [0, 0.05) is 22.8 Å². The lowest BCUT2D eigenvalue weighted by molar-refractivity contribution is 1.42. The lowest BCUT2D eigenvalue weighted by atomic mass is 10.1. The predicted octanol–water partition coefficient (Wildman–Crippen LogP) is 3.87. The van der Waals surface area contributed by atoms with Crippen LogP contribution in [-0.2, 0) is 0 Å². The largest absolute Gasteiger partial charge is 0.398 e. The molecule has 2 rings (SSSR count). The summed E-state index contributed by atoms with van der Waals surface area (Å²) in [4.78, 5) is 4.30. The number of allylic oxidation sites excluding steroid dienone is 1. The Balaban J connectivity index is 2.35. The second-order valence-electron chi connectivity index (χ2n) is 4.08. The zero-order chi connectivity index (χ0) is 13.7. The van der Waals surface area contributed by atoms with Crippen molar-refractivity contribution in [3.8, 4) is 0 Å². The number of halogens is 1. The molecule has 0 radical (unpaired) electrons. The highest BCUT2D eigenvalue weighted by Crippen LogP contribution is 2.15. The maximum atomic E-state index is 6.12. The lowest BCUT2D eigenvalue weighted by Crippen LogP contribution is -2.03. The Morgan fingerprint density at radius 1 is 1.05 bits per heavy atom. The van der Waals surface area contributed by atoms with Gasteiger partial charge in [0.05, 0.1) is 5.71 Å². The molecule has 0 bridgehead atoms. The summed E-state index contributed by atoms with van der Waals surface area (Å²) in [6, 6.07) is 17.9. The van der Waals surface area contributed by atoms with E-state index < -0.39 is 0 Å². The average molecular weight is 315 g/mol. The first-order valence-corrected chi connectivity index (χ1v) is 6.75. The summed E-state index contributed by atoms with van der Waals surface area (Å²) in [5.74, 6) is 0. The van der Waals surface area contributed by atoms with Gasteiger partial charge < -0.3 is 5.73 Å². The van der Waals surface area contributed by atoms with Crippen molar-refractivity contribution >= 4 is 27.3 Å². The van der Waals surface area contributed by atoms with E-state index in [0.29, 0.717) is 5.70 Å². The molecule has 0 fully saturated rings. The topological polar surface area (TPSA) is 38.4 Å². The molecule has 2 nitrogen and oxygen atoms in total. The van der Waals surface area contributed by atoms with Gasteiger partial charge in [-0.25, -0.2) is 0 Å². The Bertz CT molecular complexity index is 616. The fraction of sp³-hybridized carbons (Fsp3) is 0.0625. The number of nitrogens with two attached hydrogens (primary N) is 1. The van der Waals surface area contributed by atoms with Crippen molar-refractivity contribution in [3.05, 3.63) is 76.3 Å². The minimum Gasteiger partial charge on any atom is -0.398 e. The Morgan fingerprint density at radius 2 is 1.74 bits per heavy atom. The van der Waals surface area contributed by atoms with Gasteiger partial charge >= 0.3 is 0 Å². The summed E-state index contributed by atoms with van der Waals surface area (Å²) < 4.78 is 1.03. The molecule has 0 saturated heterocycles. The van der Waals surface area contributed by atoms with Crippen LogP contribution in [0.15, 0.2) is 70.1 Å². The van der Waals surface area contributed by atoms with Gasteiger partial charge in [0.1, 0.15) is 0 Å². The van der Waals surface area contributed by atoms with Gasteiger partial charge in [0.15, 0.2) is 0 Å². The van der Waals surface area contributed by atoms with E-state index in [0.717, 1.165) is 21.3 Å². The van der Waals surface area contributed by atoms with Gasteiger partial charge in [-0.05, 0) is 23.8 Å². The van der Waals surface area contributed by atoms with Gasteiger partial charge in [-0.15, -0.1) is 0 Å². The molecule has 19 heavy (non-hydrogen) atoms. The number of hydrogen-bond donors (Lipinski definition) is 1. The maximum absolute atomic E-state index is 6.12. The van der Waals surface area contributed by atoms with E-state index in [1.54, 1.807) is 7.05 Å². The summed E-state index contributed by atoms with van der Waals surface area (Å²) >= 11 is 3.46. The Labute approximate surface area is 121 Å². The van der Waals surface area contributed by atoms with Crippen molar-refractivity contribution < 1.29 is 0 Å². The van der Waals surface area contributed by atoms with Crippen LogP contribution in [0.25, 0.3) is 5.70 Å². The number of benzene rings is 2. The van der Waals surface area contributed by atoms with Crippen molar-refractivity contribution in [3.63, 3.8) is 0 Å². The van der Waals surface area contributed by atoms with Crippen LogP contribution in [0.4, 0.5) is 0 Å². The SMILES string of the molecule is CN=C(C=C(N)c1ccccc1)c1cccc(Br)c1. The quantitative estimate of drug-likeness (QED) is 0.858. The number of aliphatic imine (C=N–C) groups is 1. The van der Waals surface area contributed by atoms with E-state index >= 15 is 0 Å². The van der Waals surface area contributed by atoms with Gasteiger partial charge in [-0.2, -0.15) is 0 Å². The first-order valence-electron chi connectivity index (χ1n) is 5.96. The zero-order valence-electron chi connectivity index (χ0n) is 10.7. The van der Waals surface area contributed by atoms with Crippen LogP contribution in [0.3, 0.4) is 0 Å². The summed E-state index contributed by atoms with van der Waals surface area (Å²) in [6.07, 6.45) is 1.90. The van der Waals surface area contributed by atoms with Crippen LogP contribution in [0.1, 0.15) is 11.1 Å². The molecule has 0 aliphatic carbocycles. The van der Waals surface area contributed by atoms with Crippen molar-refractivity contribution in [2.75, 3.05) is 7.05 Å². The van der Waals surface area contributed by atoms with Gasteiger partial charge in [-0.1, -0.05) is 58.4 Å². The second-order valence-corrected chi connectivity index (χ2v) is 5.00. The molecule has 96 valence electrons. The fourth-order valence-corrected chi connectivity index (χ4v) is 2.19. The number of nitrogens with zero attached hydrogens (tertiary/aromatic N) is 1. The summed E-state index contributed by atoms with van der Waals surface area (Å²) in [5, 5.41) is 0. The molecule has 3 heteroatoms. The van der Waals surface area contributed by atoms with Crippen LogP contribution in [0.2, 0.25) is 0 Å². The molecular formula is C16H15BrN2. The first kappa shape index (κ1) is 13.6. The minimum atomic E-state index is 0.709. The average Bonchev–Trinajstić information content (AvgIpc) is 2.45. The highest BCUT2D eigenvalue weighted by molar-refractivity contribution is 9.10. The second kappa shape index (κ2) is 6.34. The van der Waals surface area contributed by atoms with Crippen LogP contribution in [0.5, 0.6) is 0 Å². The van der Waals surface area contributed by atoms with Gasteiger partial charge in [0.25, 0.3) is 0 Å². The first-order chi connectivity index (χ1) is 9.20. The number of rotatable bonds is 3. The minimum absolute atomic E-state index is 0.709. The van der Waals surface area contributed by atoms with Gasteiger partial charge in [-0.3, -0.25) is 4.99 Å². The van der Waals surface area contributed by atoms with Crippen molar-refractivity contribution in [1.29, 1.82) is 0 Å². The third-order valence-corrected chi connectivity index (χ3v) is 3.25. The molecule has 0 atom stereocenters. The van der Waals surface area contributed by atoms with E-state index in [9.17, 15) is 0 Å². The predicted molar refractivity (Wildman–Crippen MR) is 85.2 cm³/mol. The molecule has 0 saturated carbocycles. The maximum Gasteiger partial charge on any atom is 0.0664 e. The molecule has 0 unspecified atom stereocenters. The monoisotopic (exact) mass is 314 g/mol. The highest BCUT2D eigenvalue weighted by atomic mass is 79.9. The third-order valence-electron chi connectivity index (χ3n) is 2.76. The molecule has 2 aromatic rings. The van der Waals surface area contributed by atoms with E-state index in [4.69, 9.17) is 5.73 Å². The molecular weight excluding hydrogens is 300 g/mol. The highest BCUT2D eigenvalue weighted by Gasteiger charge is 2.03. The third kappa shape index (κ3) is 3.55. The van der Waals surface area contributed by atoms with Crippen LogP contribution < -0.4 is 5.73 Å². The van der Waals surface area contributed by atoms with Gasteiger partial charge in [0.2, 0.25) is 0 Å². The van der Waals surface area contributed by atoms with Crippen molar-refractivity contribution in [2.24, 2.45) is 10.7 Å². The molecule has 0 aliphatic heterocycles. The summed E-state index contributed by atoms with van der Waals surface area (Å²) in [5.41, 5.74) is 9.72. The Hall–Kier alpha value is -1.87. The number of hydrogen-bond acceptors (Lipinski definition) is 2. The molecule has 0 amide bonds. The van der Waals surface area contributed by atoms with Crippen molar-refractivity contribution in [2.45, 2.75) is 0 Å². The Morgan fingerprint density at radius 3 is 2.37 bits per heavy atom. The van der Waals surface area contributed by atoms with Crippen molar-refractivity contribution in [1.82, 2.24) is 0 Å². The normalized spacial score (nSPS) is 12.5. The Kier molecular flexibility index (Phi) is 4.53. The van der Waals surface area contributed by atoms with Crippen LogP contribution in [-0.4, -0.2) is 12.8 Å². The fourth-order valence-electron chi connectivity index (χ4n) is 1.79. The standard InChI is InChI=1S/C16H15BrN2/c1-19-16(13-8-5-9-14(17)10-13)11-15(18)12-6-3-2-4-7-12/h2-11H,18H2,1H3. The molecule has 2 aromatic carbocycles. The van der Waals surface area contributed by atoms with E-state index in [1.165, 1.54) is 0 Å². The summed E-state index contributed by atoms with van der Waals surface area (Å²) in [7, 11) is 1.77. The smallest absolute Gasteiger partial charge is 0.0664 e.